The van der Waals surface area contributed by atoms with Crippen LogP contribution in [0.3, 0.4) is 0 Å². The first-order chi connectivity index (χ1) is 12.6. The first kappa shape index (κ1) is 20.9. The van der Waals surface area contributed by atoms with Gasteiger partial charge in [-0.2, -0.15) is 0 Å². The summed E-state index contributed by atoms with van der Waals surface area (Å²) in [6, 6.07) is 8.28. The lowest BCUT2D eigenvalue weighted by atomic mass is 10.0. The summed E-state index contributed by atoms with van der Waals surface area (Å²) >= 11 is 1.43. The van der Waals surface area contributed by atoms with E-state index in [0.29, 0.717) is 18.1 Å². The van der Waals surface area contributed by atoms with E-state index in [9.17, 15) is 14.7 Å². The third-order valence-corrected chi connectivity index (χ3v) is 5.00. The molecule has 2 aromatic rings. The number of carboxylic acid groups (broad SMARTS) is 1. The fraction of sp³-hybridized carbons (Fsp3) is 0.450. The molecule has 0 bridgehead atoms. The Kier molecular flexibility index (Phi) is 6.96. The minimum absolute atomic E-state index is 0.112. The molecule has 6 nitrogen and oxygen atoms in total. The van der Waals surface area contributed by atoms with Gasteiger partial charge in [0.2, 0.25) is 5.91 Å². The van der Waals surface area contributed by atoms with Crippen molar-refractivity contribution in [2.75, 3.05) is 11.9 Å². The number of hydrogen-bond donors (Lipinski definition) is 2. The number of rotatable bonds is 7. The molecule has 0 fully saturated rings. The Morgan fingerprint density at radius 1 is 1.11 bits per heavy atom. The van der Waals surface area contributed by atoms with Crippen LogP contribution in [0, 0.1) is 0 Å². The summed E-state index contributed by atoms with van der Waals surface area (Å²) in [7, 11) is 0. The molecule has 27 heavy (non-hydrogen) atoms. The maximum atomic E-state index is 11.4. The van der Waals surface area contributed by atoms with Crippen molar-refractivity contribution >= 4 is 28.5 Å². The number of anilines is 1. The molecule has 2 amide bonds. The lowest BCUT2D eigenvalue weighted by Crippen LogP contribution is -2.45. The van der Waals surface area contributed by atoms with Crippen molar-refractivity contribution in [3.63, 3.8) is 0 Å². The number of aryl methyl sites for hydroxylation is 2. The molecule has 7 heteroatoms. The molecule has 0 saturated heterocycles. The summed E-state index contributed by atoms with van der Waals surface area (Å²) in [5.74, 6) is -0.112. The molecule has 0 radical (unpaired) electrons. The number of thiazole rings is 1. The maximum Gasteiger partial charge on any atom is 0.407 e. The molecule has 1 heterocycles. The first-order valence-electron chi connectivity index (χ1n) is 8.95. The van der Waals surface area contributed by atoms with E-state index >= 15 is 0 Å². The van der Waals surface area contributed by atoms with E-state index in [-0.39, 0.29) is 5.91 Å². The van der Waals surface area contributed by atoms with Gasteiger partial charge in [-0.15, -0.1) is 11.3 Å². The third kappa shape index (κ3) is 6.67. The fourth-order valence-electron chi connectivity index (χ4n) is 2.73. The highest BCUT2D eigenvalue weighted by Gasteiger charge is 2.25. The topological polar surface area (TPSA) is 82.5 Å². The van der Waals surface area contributed by atoms with Crippen LogP contribution in [0.15, 0.2) is 29.6 Å². The van der Waals surface area contributed by atoms with Crippen molar-refractivity contribution in [3.8, 4) is 0 Å². The van der Waals surface area contributed by atoms with Gasteiger partial charge in [0.1, 0.15) is 0 Å². The lowest BCUT2D eigenvalue weighted by molar-refractivity contribution is -0.114. The Balaban J connectivity index is 1.87. The predicted octanol–water partition coefficient (Wildman–Crippen LogP) is 4.21. The Hall–Kier alpha value is -2.41. The standard InChI is InChI=1S/C20H27N3O3S/c1-14(24)21-18-22-17(13-27-18)10-9-15-5-7-16(8-6-15)11-12-23(19(25)26)20(2,3)4/h5-8,13H,9-12H2,1-4H3,(H,25,26)(H,21,22,24). The number of carbonyl (C=O) groups excluding carboxylic acids is 1. The SMILES string of the molecule is CC(=O)Nc1nc(CCc2ccc(CCN(C(=O)O)C(C)(C)C)cc2)cs1. The molecular formula is C20H27N3O3S. The van der Waals surface area contributed by atoms with Crippen LogP contribution in [0.2, 0.25) is 0 Å². The van der Waals surface area contributed by atoms with Crippen LogP contribution < -0.4 is 5.32 Å². The summed E-state index contributed by atoms with van der Waals surface area (Å²) < 4.78 is 0. The van der Waals surface area contributed by atoms with Gasteiger partial charge in [0.05, 0.1) is 5.69 Å². The van der Waals surface area contributed by atoms with Crippen LogP contribution in [-0.2, 0) is 24.1 Å². The van der Waals surface area contributed by atoms with Crippen molar-refractivity contribution in [2.24, 2.45) is 0 Å². The molecule has 1 aromatic heterocycles. The molecule has 2 rings (SSSR count). The average molecular weight is 390 g/mol. The van der Waals surface area contributed by atoms with Gasteiger partial charge in [-0.1, -0.05) is 24.3 Å². The summed E-state index contributed by atoms with van der Waals surface area (Å²) in [5.41, 5.74) is 2.89. The molecule has 0 saturated carbocycles. The molecule has 0 spiro atoms. The number of carbonyl (C=O) groups is 2. The van der Waals surface area contributed by atoms with E-state index in [1.807, 2.05) is 26.2 Å². The van der Waals surface area contributed by atoms with Crippen LogP contribution >= 0.6 is 11.3 Å². The summed E-state index contributed by atoms with van der Waals surface area (Å²) in [6.07, 6.45) is 1.48. The zero-order chi connectivity index (χ0) is 20.0. The van der Waals surface area contributed by atoms with Gasteiger partial charge in [0.15, 0.2) is 5.13 Å². The summed E-state index contributed by atoms with van der Waals surface area (Å²) in [5, 5.41) is 14.7. The van der Waals surface area contributed by atoms with E-state index in [1.165, 1.54) is 28.7 Å². The first-order valence-corrected chi connectivity index (χ1v) is 9.83. The fourth-order valence-corrected chi connectivity index (χ4v) is 3.52. The second-order valence-corrected chi connectivity index (χ2v) is 8.35. The zero-order valence-corrected chi connectivity index (χ0v) is 17.1. The highest BCUT2D eigenvalue weighted by atomic mass is 32.1. The Morgan fingerprint density at radius 3 is 2.22 bits per heavy atom. The third-order valence-electron chi connectivity index (χ3n) is 4.19. The Labute approximate surface area is 164 Å². The molecule has 0 unspecified atom stereocenters. The van der Waals surface area contributed by atoms with E-state index in [1.54, 1.807) is 0 Å². The van der Waals surface area contributed by atoms with E-state index in [2.05, 4.69) is 34.6 Å². The van der Waals surface area contributed by atoms with Crippen LogP contribution in [0.5, 0.6) is 0 Å². The number of nitrogens with one attached hydrogen (secondary N) is 1. The normalized spacial score (nSPS) is 11.3. The van der Waals surface area contributed by atoms with E-state index < -0.39 is 11.6 Å². The minimum atomic E-state index is -0.888. The highest BCUT2D eigenvalue weighted by Crippen LogP contribution is 2.18. The largest absolute Gasteiger partial charge is 0.465 e. The van der Waals surface area contributed by atoms with Gasteiger partial charge in [0, 0.05) is 24.4 Å². The average Bonchev–Trinajstić information content (AvgIpc) is 2.99. The highest BCUT2D eigenvalue weighted by molar-refractivity contribution is 7.13. The van der Waals surface area contributed by atoms with Gasteiger partial charge in [-0.3, -0.25) is 4.79 Å². The van der Waals surface area contributed by atoms with Gasteiger partial charge < -0.3 is 15.3 Å². The van der Waals surface area contributed by atoms with Crippen LogP contribution in [0.25, 0.3) is 0 Å². The Morgan fingerprint density at radius 2 is 1.70 bits per heavy atom. The van der Waals surface area contributed by atoms with Gasteiger partial charge in [-0.25, -0.2) is 9.78 Å². The number of benzene rings is 1. The van der Waals surface area contributed by atoms with Gasteiger partial charge >= 0.3 is 6.09 Å². The number of amides is 2. The van der Waals surface area contributed by atoms with Gasteiger partial charge in [0.25, 0.3) is 0 Å². The molecule has 0 aliphatic carbocycles. The number of nitrogens with zero attached hydrogens (tertiary/aromatic N) is 2. The summed E-state index contributed by atoms with van der Waals surface area (Å²) in [6.45, 7) is 7.66. The molecule has 0 aliphatic heterocycles. The number of aromatic nitrogens is 1. The van der Waals surface area contributed by atoms with Crippen molar-refractivity contribution in [2.45, 2.75) is 52.5 Å². The maximum absolute atomic E-state index is 11.4. The van der Waals surface area contributed by atoms with Gasteiger partial charge in [-0.05, 0) is 51.2 Å². The quantitative estimate of drug-likeness (QED) is 0.743. The van der Waals surface area contributed by atoms with Crippen molar-refractivity contribution in [1.82, 2.24) is 9.88 Å². The van der Waals surface area contributed by atoms with Crippen LogP contribution in [-0.4, -0.2) is 39.1 Å². The monoisotopic (exact) mass is 389 g/mol. The van der Waals surface area contributed by atoms with E-state index in [4.69, 9.17) is 0 Å². The second-order valence-electron chi connectivity index (χ2n) is 7.50. The predicted molar refractivity (Wildman–Crippen MR) is 108 cm³/mol. The zero-order valence-electron chi connectivity index (χ0n) is 16.3. The molecule has 2 N–H and O–H groups in total. The van der Waals surface area contributed by atoms with Crippen LogP contribution in [0.4, 0.5) is 9.93 Å². The molecular weight excluding hydrogens is 362 g/mol. The molecule has 0 aliphatic rings. The second kappa shape index (κ2) is 8.99. The lowest BCUT2D eigenvalue weighted by Gasteiger charge is -2.33. The van der Waals surface area contributed by atoms with Crippen LogP contribution in [0.1, 0.15) is 44.5 Å². The summed E-state index contributed by atoms with van der Waals surface area (Å²) in [4.78, 5) is 28.3. The molecule has 146 valence electrons. The smallest absolute Gasteiger partial charge is 0.407 e. The van der Waals surface area contributed by atoms with Crippen molar-refractivity contribution in [3.05, 3.63) is 46.5 Å². The molecule has 0 atom stereocenters. The number of hydrogen-bond acceptors (Lipinski definition) is 4. The Bertz CT molecular complexity index is 779. The van der Waals surface area contributed by atoms with Crippen molar-refractivity contribution < 1.29 is 14.7 Å². The molecule has 1 aromatic carbocycles. The van der Waals surface area contributed by atoms with E-state index in [0.717, 1.165) is 24.1 Å². The van der Waals surface area contributed by atoms with Crippen molar-refractivity contribution in [1.29, 1.82) is 0 Å². The minimum Gasteiger partial charge on any atom is -0.465 e.